The van der Waals surface area contributed by atoms with Gasteiger partial charge in [0.2, 0.25) is 0 Å². The Balaban J connectivity index is 0.00000162. The molecule has 1 aromatic rings. The van der Waals surface area contributed by atoms with Gasteiger partial charge in [-0.2, -0.15) is 0 Å². The molecule has 1 aromatic heterocycles. The van der Waals surface area contributed by atoms with Crippen molar-refractivity contribution in [2.75, 3.05) is 26.7 Å². The molecule has 100 valence electrons. The van der Waals surface area contributed by atoms with Crippen molar-refractivity contribution in [3.8, 4) is 0 Å². The number of nitrogens with two attached hydrogens (primary N) is 1. The molecule has 0 saturated heterocycles. The first-order valence-corrected chi connectivity index (χ1v) is 6.19. The lowest BCUT2D eigenvalue weighted by Gasteiger charge is -2.25. The van der Waals surface area contributed by atoms with Gasteiger partial charge in [-0.1, -0.05) is 0 Å². The maximum absolute atomic E-state index is 12.1. The van der Waals surface area contributed by atoms with Crippen molar-refractivity contribution in [3.05, 3.63) is 21.4 Å². The molecule has 0 spiro atoms. The summed E-state index contributed by atoms with van der Waals surface area (Å²) in [7, 11) is 1.34. The summed E-state index contributed by atoms with van der Waals surface area (Å²) in [5.74, 6) is -0.417. The number of rotatable bonds is 3. The number of hydrogen-bond donors (Lipinski definition) is 1. The molecule has 0 aromatic carbocycles. The second kappa shape index (κ2) is 6.17. The highest BCUT2D eigenvalue weighted by Crippen LogP contribution is 2.28. The van der Waals surface area contributed by atoms with E-state index in [1.54, 1.807) is 11.0 Å². The first-order valence-electron chi connectivity index (χ1n) is 5.37. The Morgan fingerprint density at radius 3 is 2.94 bits per heavy atom. The number of thiophene rings is 1. The third-order valence-electron chi connectivity index (χ3n) is 2.73. The van der Waals surface area contributed by atoms with Crippen LogP contribution in [0, 0.1) is 0 Å². The maximum Gasteiger partial charge on any atom is 0.348 e. The Kier molecular flexibility index (Phi) is 5.13. The summed E-state index contributed by atoms with van der Waals surface area (Å²) in [6, 6.07) is 1.75. The second-order valence-corrected chi connectivity index (χ2v) is 4.84. The molecule has 0 unspecified atom stereocenters. The maximum atomic E-state index is 12.1. The van der Waals surface area contributed by atoms with Crippen molar-refractivity contribution in [3.63, 3.8) is 0 Å². The van der Waals surface area contributed by atoms with E-state index in [4.69, 9.17) is 5.73 Å². The third kappa shape index (κ3) is 2.66. The van der Waals surface area contributed by atoms with Crippen molar-refractivity contribution in [2.24, 2.45) is 5.73 Å². The van der Waals surface area contributed by atoms with Crippen LogP contribution in [0.4, 0.5) is 0 Å². The standard InChI is InChI=1S/C11H14N2O3S.ClH/c1-16-11(15)8-6-7-2-4-13(5-3-12)10(14)9(7)17-8;/h6H,2-5,12H2,1H3;1H. The summed E-state index contributed by atoms with van der Waals surface area (Å²) < 4.78 is 4.65. The minimum absolute atomic E-state index is 0. The summed E-state index contributed by atoms with van der Waals surface area (Å²) in [4.78, 5) is 26.3. The van der Waals surface area contributed by atoms with Crippen LogP contribution in [0.1, 0.15) is 24.9 Å². The molecule has 18 heavy (non-hydrogen) atoms. The van der Waals surface area contributed by atoms with E-state index in [1.165, 1.54) is 18.4 Å². The lowest BCUT2D eigenvalue weighted by Crippen LogP contribution is -2.39. The molecule has 0 saturated carbocycles. The van der Waals surface area contributed by atoms with Gasteiger partial charge in [-0.05, 0) is 18.1 Å². The zero-order chi connectivity index (χ0) is 12.4. The number of hydrogen-bond acceptors (Lipinski definition) is 5. The number of ether oxygens (including phenoxy) is 1. The number of nitrogens with zero attached hydrogens (tertiary/aromatic N) is 1. The van der Waals surface area contributed by atoms with Crippen LogP contribution in [0.2, 0.25) is 0 Å². The quantitative estimate of drug-likeness (QED) is 0.840. The Hall–Kier alpha value is -1.11. The van der Waals surface area contributed by atoms with Crippen LogP contribution < -0.4 is 5.73 Å². The van der Waals surface area contributed by atoms with Crippen LogP contribution in [0.15, 0.2) is 6.07 Å². The Bertz CT molecular complexity index is 461. The van der Waals surface area contributed by atoms with E-state index in [2.05, 4.69) is 4.74 Å². The molecule has 1 aliphatic heterocycles. The molecule has 7 heteroatoms. The van der Waals surface area contributed by atoms with Crippen molar-refractivity contribution in [1.82, 2.24) is 4.90 Å². The predicted octanol–water partition coefficient (Wildman–Crippen LogP) is 0.914. The SMILES string of the molecule is COC(=O)c1cc2c(s1)C(=O)N(CCN)CC2.Cl. The summed E-state index contributed by atoms with van der Waals surface area (Å²) in [5.41, 5.74) is 6.39. The molecule has 1 aliphatic rings. The smallest absolute Gasteiger partial charge is 0.348 e. The van der Waals surface area contributed by atoms with Crippen LogP contribution in [0.25, 0.3) is 0 Å². The average molecular weight is 291 g/mol. The van der Waals surface area contributed by atoms with Gasteiger partial charge in [-0.3, -0.25) is 4.79 Å². The van der Waals surface area contributed by atoms with E-state index in [9.17, 15) is 9.59 Å². The largest absolute Gasteiger partial charge is 0.465 e. The minimum Gasteiger partial charge on any atom is -0.465 e. The molecule has 2 N–H and O–H groups in total. The number of methoxy groups -OCH3 is 1. The molecule has 2 heterocycles. The molecular weight excluding hydrogens is 276 g/mol. The second-order valence-electron chi connectivity index (χ2n) is 3.79. The van der Waals surface area contributed by atoms with Gasteiger partial charge in [0, 0.05) is 19.6 Å². The number of carbonyl (C=O) groups excluding carboxylic acids is 2. The van der Waals surface area contributed by atoms with E-state index < -0.39 is 0 Å². The van der Waals surface area contributed by atoms with Gasteiger partial charge < -0.3 is 15.4 Å². The van der Waals surface area contributed by atoms with Crippen LogP contribution in [0.3, 0.4) is 0 Å². The van der Waals surface area contributed by atoms with Crippen LogP contribution >= 0.6 is 23.7 Å². The normalized spacial score (nSPS) is 13.9. The van der Waals surface area contributed by atoms with Crippen molar-refractivity contribution < 1.29 is 14.3 Å². The molecular formula is C11H15ClN2O3S. The zero-order valence-corrected chi connectivity index (χ0v) is 11.6. The summed E-state index contributed by atoms with van der Waals surface area (Å²) in [5, 5.41) is 0. The fourth-order valence-corrected chi connectivity index (χ4v) is 2.96. The Labute approximate surface area is 115 Å². The number of esters is 1. The molecule has 0 fully saturated rings. The lowest BCUT2D eigenvalue weighted by molar-refractivity contribution is 0.0605. The predicted molar refractivity (Wildman–Crippen MR) is 71.6 cm³/mol. The molecule has 5 nitrogen and oxygen atoms in total. The first-order chi connectivity index (χ1) is 8.17. The van der Waals surface area contributed by atoms with E-state index in [0.717, 1.165) is 12.0 Å². The number of amides is 1. The van der Waals surface area contributed by atoms with Gasteiger partial charge in [0.25, 0.3) is 5.91 Å². The van der Waals surface area contributed by atoms with Gasteiger partial charge in [0.05, 0.1) is 12.0 Å². The lowest BCUT2D eigenvalue weighted by atomic mass is 10.1. The fraction of sp³-hybridized carbons (Fsp3) is 0.455. The molecule has 0 bridgehead atoms. The monoisotopic (exact) mass is 290 g/mol. The van der Waals surface area contributed by atoms with E-state index in [-0.39, 0.29) is 24.3 Å². The fourth-order valence-electron chi connectivity index (χ4n) is 1.87. The van der Waals surface area contributed by atoms with Crippen molar-refractivity contribution >= 4 is 35.6 Å². The topological polar surface area (TPSA) is 72.6 Å². The molecule has 1 amide bonds. The Morgan fingerprint density at radius 2 is 2.33 bits per heavy atom. The van der Waals surface area contributed by atoms with Crippen molar-refractivity contribution in [1.29, 1.82) is 0 Å². The highest BCUT2D eigenvalue weighted by atomic mass is 35.5. The van der Waals surface area contributed by atoms with Gasteiger partial charge >= 0.3 is 5.97 Å². The summed E-state index contributed by atoms with van der Waals surface area (Å²) >= 11 is 1.20. The van der Waals surface area contributed by atoms with Gasteiger partial charge in [0.1, 0.15) is 4.88 Å². The van der Waals surface area contributed by atoms with Gasteiger partial charge in [-0.15, -0.1) is 23.7 Å². The molecule has 0 radical (unpaired) electrons. The van der Waals surface area contributed by atoms with Gasteiger partial charge in [-0.25, -0.2) is 4.79 Å². The van der Waals surface area contributed by atoms with Crippen LogP contribution in [-0.4, -0.2) is 43.5 Å². The highest BCUT2D eigenvalue weighted by molar-refractivity contribution is 7.16. The van der Waals surface area contributed by atoms with E-state index in [1.807, 2.05) is 0 Å². The van der Waals surface area contributed by atoms with Crippen LogP contribution in [0.5, 0.6) is 0 Å². The first kappa shape index (κ1) is 14.9. The zero-order valence-electron chi connectivity index (χ0n) is 9.97. The summed E-state index contributed by atoms with van der Waals surface area (Å²) in [6.45, 7) is 1.68. The highest BCUT2D eigenvalue weighted by Gasteiger charge is 2.27. The van der Waals surface area contributed by atoms with E-state index >= 15 is 0 Å². The third-order valence-corrected chi connectivity index (χ3v) is 3.87. The van der Waals surface area contributed by atoms with Gasteiger partial charge in [0.15, 0.2) is 0 Å². The number of carbonyl (C=O) groups is 2. The minimum atomic E-state index is -0.387. The van der Waals surface area contributed by atoms with Crippen LogP contribution in [-0.2, 0) is 11.2 Å². The molecule has 2 rings (SSSR count). The molecule has 0 atom stereocenters. The van der Waals surface area contributed by atoms with E-state index in [0.29, 0.717) is 29.4 Å². The number of halogens is 1. The summed E-state index contributed by atoms with van der Waals surface area (Å²) in [6.07, 6.45) is 0.772. The van der Waals surface area contributed by atoms with Crippen molar-refractivity contribution in [2.45, 2.75) is 6.42 Å². The average Bonchev–Trinajstić information content (AvgIpc) is 2.77. The number of fused-ring (bicyclic) bond motifs is 1. The Morgan fingerprint density at radius 1 is 1.61 bits per heavy atom. The molecule has 0 aliphatic carbocycles.